The number of carbonyl (C=O) groups is 1. The second-order valence-electron chi connectivity index (χ2n) is 4.85. The zero-order valence-electron chi connectivity index (χ0n) is 12.9. The summed E-state index contributed by atoms with van der Waals surface area (Å²) in [6.07, 6.45) is -0.473. The van der Waals surface area contributed by atoms with E-state index in [2.05, 4.69) is 15.3 Å². The van der Waals surface area contributed by atoms with E-state index in [9.17, 15) is 18.0 Å². The van der Waals surface area contributed by atoms with E-state index in [0.29, 0.717) is 6.54 Å². The van der Waals surface area contributed by atoms with Gasteiger partial charge in [0.25, 0.3) is 0 Å². The molecule has 2 aromatic rings. The Bertz CT molecular complexity index is 705. The van der Waals surface area contributed by atoms with Crippen molar-refractivity contribution in [3.05, 3.63) is 30.2 Å². The number of thiazole rings is 1. The number of pyridine rings is 1. The van der Waals surface area contributed by atoms with Gasteiger partial charge in [-0.2, -0.15) is 13.2 Å². The maximum atomic E-state index is 12.6. The van der Waals surface area contributed by atoms with Crippen molar-refractivity contribution in [2.45, 2.75) is 19.5 Å². The highest BCUT2D eigenvalue weighted by molar-refractivity contribution is 7.17. The molecule has 0 spiro atoms. The number of rotatable bonds is 5. The maximum Gasteiger partial charge on any atom is 0.418 e. The Kier molecular flexibility index (Phi) is 5.60. The lowest BCUT2D eigenvalue weighted by Crippen LogP contribution is -2.31. The quantitative estimate of drug-likeness (QED) is 0.867. The molecule has 2 amide bonds. The molecule has 0 radical (unpaired) electrons. The summed E-state index contributed by atoms with van der Waals surface area (Å²) < 4.78 is 43.2. The van der Waals surface area contributed by atoms with E-state index in [-0.39, 0.29) is 22.0 Å². The van der Waals surface area contributed by atoms with Gasteiger partial charge in [0.15, 0.2) is 5.13 Å². The van der Waals surface area contributed by atoms with Crippen LogP contribution in [-0.4, -0.2) is 34.5 Å². The van der Waals surface area contributed by atoms with Crippen molar-refractivity contribution in [2.24, 2.45) is 0 Å². The average Bonchev–Trinajstić information content (AvgIpc) is 2.94. The lowest BCUT2D eigenvalue weighted by atomic mass is 10.3. The summed E-state index contributed by atoms with van der Waals surface area (Å²) in [5.41, 5.74) is -0.903. The van der Waals surface area contributed by atoms with Gasteiger partial charge in [-0.3, -0.25) is 10.3 Å². The Morgan fingerprint density at radius 3 is 2.79 bits per heavy atom. The summed E-state index contributed by atoms with van der Waals surface area (Å²) in [5, 5.41) is 3.12. The molecule has 0 aromatic carbocycles. The van der Waals surface area contributed by atoms with Crippen LogP contribution in [0.15, 0.2) is 24.7 Å². The Morgan fingerprint density at radius 2 is 2.12 bits per heavy atom. The topological polar surface area (TPSA) is 67.4 Å². The van der Waals surface area contributed by atoms with Crippen molar-refractivity contribution >= 4 is 22.5 Å². The summed E-state index contributed by atoms with van der Waals surface area (Å²) >= 11 is 1.00. The van der Waals surface area contributed by atoms with Crippen LogP contribution in [0.25, 0.3) is 0 Å². The van der Waals surface area contributed by atoms with E-state index in [0.717, 1.165) is 30.0 Å². The second kappa shape index (κ2) is 7.47. The van der Waals surface area contributed by atoms with E-state index in [1.807, 2.05) is 6.92 Å². The minimum absolute atomic E-state index is 0.0607. The molecule has 0 aliphatic carbocycles. The Hall–Kier alpha value is -2.36. The van der Waals surface area contributed by atoms with Crippen LogP contribution < -0.4 is 10.1 Å². The molecule has 0 aliphatic rings. The van der Waals surface area contributed by atoms with E-state index >= 15 is 0 Å². The molecule has 0 saturated heterocycles. The van der Waals surface area contributed by atoms with Gasteiger partial charge in [-0.15, -0.1) is 0 Å². The van der Waals surface area contributed by atoms with Crippen LogP contribution in [0.3, 0.4) is 0 Å². The molecule has 0 bridgehead atoms. The van der Waals surface area contributed by atoms with E-state index in [1.54, 1.807) is 7.05 Å². The highest BCUT2D eigenvalue weighted by Gasteiger charge is 2.31. The van der Waals surface area contributed by atoms with Crippen LogP contribution in [0, 0.1) is 0 Å². The summed E-state index contributed by atoms with van der Waals surface area (Å²) in [6, 6.07) is 0.526. The number of hydrogen-bond donors (Lipinski definition) is 1. The van der Waals surface area contributed by atoms with E-state index in [1.165, 1.54) is 17.3 Å². The highest BCUT2D eigenvalue weighted by atomic mass is 32.1. The summed E-state index contributed by atoms with van der Waals surface area (Å²) in [7, 11) is 1.65. The second-order valence-corrected chi connectivity index (χ2v) is 5.84. The fraction of sp³-hybridized carbons (Fsp3) is 0.357. The van der Waals surface area contributed by atoms with Crippen LogP contribution in [-0.2, 0) is 6.18 Å². The first kappa shape index (κ1) is 18.0. The van der Waals surface area contributed by atoms with Crippen molar-refractivity contribution in [3.63, 3.8) is 0 Å². The van der Waals surface area contributed by atoms with Crippen LogP contribution >= 0.6 is 11.3 Å². The first-order valence-electron chi connectivity index (χ1n) is 6.97. The van der Waals surface area contributed by atoms with Gasteiger partial charge in [0.2, 0.25) is 5.06 Å². The smallest absolute Gasteiger partial charge is 0.418 e. The number of carbonyl (C=O) groups excluding carboxylic acids is 1. The van der Waals surface area contributed by atoms with Crippen molar-refractivity contribution < 1.29 is 22.7 Å². The Balaban J connectivity index is 2.03. The number of aromatic nitrogens is 2. The number of nitrogens with zero attached hydrogens (tertiary/aromatic N) is 3. The first-order valence-corrected chi connectivity index (χ1v) is 7.79. The van der Waals surface area contributed by atoms with E-state index in [4.69, 9.17) is 4.74 Å². The number of alkyl halides is 3. The zero-order valence-corrected chi connectivity index (χ0v) is 13.7. The standard InChI is InChI=1S/C14H15F3N4O2S/c1-3-4-21(2)13(22)20-12-19-8-11(24-12)23-10-5-9(6-18-7-10)14(15,16)17/h5-8H,3-4H2,1-2H3,(H,19,20,22). The number of anilines is 1. The number of nitrogens with one attached hydrogen (secondary N) is 1. The minimum atomic E-state index is -4.50. The molecular weight excluding hydrogens is 345 g/mol. The molecular formula is C14H15F3N4O2S. The van der Waals surface area contributed by atoms with Crippen LogP contribution in [0.4, 0.5) is 23.1 Å². The molecule has 2 aromatic heterocycles. The van der Waals surface area contributed by atoms with Crippen molar-refractivity contribution in [1.82, 2.24) is 14.9 Å². The van der Waals surface area contributed by atoms with Crippen molar-refractivity contribution in [3.8, 4) is 10.8 Å². The summed E-state index contributed by atoms with van der Waals surface area (Å²) in [5.74, 6) is -0.0607. The van der Waals surface area contributed by atoms with Crippen LogP contribution in [0.1, 0.15) is 18.9 Å². The highest BCUT2D eigenvalue weighted by Crippen LogP contribution is 2.34. The lowest BCUT2D eigenvalue weighted by Gasteiger charge is -2.15. The summed E-state index contributed by atoms with van der Waals surface area (Å²) in [6.45, 7) is 2.54. The number of hydrogen-bond acceptors (Lipinski definition) is 5. The monoisotopic (exact) mass is 360 g/mol. The molecule has 130 valence electrons. The minimum Gasteiger partial charge on any atom is -0.443 e. The molecule has 0 fully saturated rings. The molecule has 0 atom stereocenters. The fourth-order valence-corrected chi connectivity index (χ4v) is 2.41. The SMILES string of the molecule is CCCN(C)C(=O)Nc1ncc(Oc2cncc(C(F)(F)F)c2)s1. The fourth-order valence-electron chi connectivity index (χ4n) is 1.73. The van der Waals surface area contributed by atoms with Crippen molar-refractivity contribution in [2.75, 3.05) is 18.9 Å². The third kappa shape index (κ3) is 4.82. The maximum absolute atomic E-state index is 12.6. The molecule has 6 nitrogen and oxygen atoms in total. The predicted octanol–water partition coefficient (Wildman–Crippen LogP) is 4.22. The normalized spacial score (nSPS) is 11.2. The van der Waals surface area contributed by atoms with Gasteiger partial charge in [-0.25, -0.2) is 9.78 Å². The largest absolute Gasteiger partial charge is 0.443 e. The molecule has 1 N–H and O–H groups in total. The van der Waals surface area contributed by atoms with Crippen molar-refractivity contribution in [1.29, 1.82) is 0 Å². The van der Waals surface area contributed by atoms with Gasteiger partial charge in [-0.1, -0.05) is 18.3 Å². The molecule has 0 aliphatic heterocycles. The van der Waals surface area contributed by atoms with Gasteiger partial charge in [0, 0.05) is 19.8 Å². The van der Waals surface area contributed by atoms with Crippen LogP contribution in [0.5, 0.6) is 10.8 Å². The van der Waals surface area contributed by atoms with Gasteiger partial charge < -0.3 is 9.64 Å². The Morgan fingerprint density at radius 1 is 1.38 bits per heavy atom. The molecule has 0 unspecified atom stereocenters. The molecule has 0 saturated carbocycles. The number of ether oxygens (including phenoxy) is 1. The Labute approximate surface area is 140 Å². The molecule has 2 heterocycles. The molecule has 2 rings (SSSR count). The lowest BCUT2D eigenvalue weighted by molar-refractivity contribution is -0.137. The van der Waals surface area contributed by atoms with Gasteiger partial charge in [0.05, 0.1) is 18.0 Å². The molecule has 24 heavy (non-hydrogen) atoms. The molecule has 10 heteroatoms. The zero-order chi connectivity index (χ0) is 17.7. The number of amides is 2. The number of halogens is 3. The average molecular weight is 360 g/mol. The van der Waals surface area contributed by atoms with Gasteiger partial charge >= 0.3 is 12.2 Å². The first-order chi connectivity index (χ1) is 11.3. The third-order valence-electron chi connectivity index (χ3n) is 2.86. The third-order valence-corrected chi connectivity index (χ3v) is 3.65. The van der Waals surface area contributed by atoms with Gasteiger partial charge in [-0.05, 0) is 12.5 Å². The summed E-state index contributed by atoms with van der Waals surface area (Å²) in [4.78, 5) is 20.8. The van der Waals surface area contributed by atoms with Crippen LogP contribution in [0.2, 0.25) is 0 Å². The van der Waals surface area contributed by atoms with E-state index < -0.39 is 11.7 Å². The predicted molar refractivity (Wildman–Crippen MR) is 83.4 cm³/mol. The number of urea groups is 1. The van der Waals surface area contributed by atoms with Gasteiger partial charge in [0.1, 0.15) is 5.75 Å².